The van der Waals surface area contributed by atoms with Crippen molar-refractivity contribution in [3.63, 3.8) is 0 Å². The first-order chi connectivity index (χ1) is 11.1. The van der Waals surface area contributed by atoms with Crippen LogP contribution in [-0.4, -0.2) is 53.8 Å². The molecule has 23 heavy (non-hydrogen) atoms. The van der Waals surface area contributed by atoms with Gasteiger partial charge in [0.25, 0.3) is 0 Å². The molecule has 0 unspecified atom stereocenters. The molecular formula is C18H31N3O2. The second-order valence-corrected chi connectivity index (χ2v) is 7.71. The van der Waals surface area contributed by atoms with Gasteiger partial charge in [-0.3, -0.25) is 14.5 Å². The molecule has 0 aromatic rings. The maximum Gasteiger partial charge on any atom is 0.222 e. The average molecular weight is 321 g/mol. The molecule has 5 nitrogen and oxygen atoms in total. The Morgan fingerprint density at radius 1 is 0.957 bits per heavy atom. The van der Waals surface area contributed by atoms with Crippen molar-refractivity contribution in [2.75, 3.05) is 26.2 Å². The summed E-state index contributed by atoms with van der Waals surface area (Å²) in [5, 5.41) is 0. The number of rotatable bonds is 5. The summed E-state index contributed by atoms with van der Waals surface area (Å²) in [5.41, 5.74) is 5.38. The minimum atomic E-state index is -0.155. The van der Waals surface area contributed by atoms with Gasteiger partial charge in [0.2, 0.25) is 11.8 Å². The van der Waals surface area contributed by atoms with E-state index >= 15 is 0 Å². The monoisotopic (exact) mass is 321 g/mol. The van der Waals surface area contributed by atoms with Crippen LogP contribution >= 0.6 is 0 Å². The molecule has 5 heteroatoms. The number of hydrogen-bond donors (Lipinski definition) is 1. The van der Waals surface area contributed by atoms with E-state index in [0.717, 1.165) is 57.8 Å². The number of primary amides is 1. The zero-order valence-corrected chi connectivity index (χ0v) is 14.2. The van der Waals surface area contributed by atoms with Crippen LogP contribution in [0.25, 0.3) is 0 Å². The molecule has 0 radical (unpaired) electrons. The molecule has 0 atom stereocenters. The van der Waals surface area contributed by atoms with E-state index in [1.54, 1.807) is 0 Å². The molecule has 0 aromatic heterocycles. The lowest BCUT2D eigenvalue weighted by molar-refractivity contribution is -0.139. The normalized spacial score (nSPS) is 25.3. The summed E-state index contributed by atoms with van der Waals surface area (Å²) in [6.45, 7) is 3.65. The van der Waals surface area contributed by atoms with Crippen molar-refractivity contribution in [3.8, 4) is 0 Å². The minimum Gasteiger partial charge on any atom is -0.369 e. The average Bonchev–Trinajstić information content (AvgIpc) is 2.53. The fraction of sp³-hybridized carbons (Fsp3) is 0.889. The summed E-state index contributed by atoms with van der Waals surface area (Å²) in [7, 11) is 0. The van der Waals surface area contributed by atoms with Crippen LogP contribution in [-0.2, 0) is 9.59 Å². The number of nitrogens with two attached hydrogens (primary N) is 1. The fourth-order valence-corrected chi connectivity index (χ4v) is 4.40. The molecule has 3 aliphatic rings. The largest absolute Gasteiger partial charge is 0.369 e. The van der Waals surface area contributed by atoms with Gasteiger partial charge in [0.15, 0.2) is 0 Å². The minimum absolute atomic E-state index is 0.0551. The summed E-state index contributed by atoms with van der Waals surface area (Å²) in [5.74, 6) is 1.04. The van der Waals surface area contributed by atoms with Crippen LogP contribution in [0.1, 0.15) is 57.8 Å². The molecule has 130 valence electrons. The van der Waals surface area contributed by atoms with Crippen molar-refractivity contribution in [1.82, 2.24) is 9.80 Å². The lowest BCUT2D eigenvalue weighted by atomic mass is 9.86. The van der Waals surface area contributed by atoms with Gasteiger partial charge in [-0.25, -0.2) is 0 Å². The number of carbonyl (C=O) groups is 2. The first kappa shape index (κ1) is 16.7. The number of amides is 2. The molecule has 2 amide bonds. The topological polar surface area (TPSA) is 66.6 Å². The Labute approximate surface area is 139 Å². The maximum absolute atomic E-state index is 12.3. The molecule has 0 bridgehead atoms. The summed E-state index contributed by atoms with van der Waals surface area (Å²) < 4.78 is 0. The third-order valence-electron chi connectivity index (χ3n) is 6.15. The van der Waals surface area contributed by atoms with E-state index in [4.69, 9.17) is 5.73 Å². The van der Waals surface area contributed by atoms with Gasteiger partial charge in [0.05, 0.1) is 0 Å². The quantitative estimate of drug-likeness (QED) is 0.839. The Bertz CT molecular complexity index is 420. The summed E-state index contributed by atoms with van der Waals surface area (Å²) in [6.07, 6.45) is 10.3. The Hall–Kier alpha value is -1.10. The van der Waals surface area contributed by atoms with Gasteiger partial charge in [0.1, 0.15) is 0 Å². The van der Waals surface area contributed by atoms with Crippen LogP contribution in [0.4, 0.5) is 0 Å². The zero-order valence-electron chi connectivity index (χ0n) is 14.2. The first-order valence-corrected chi connectivity index (χ1v) is 9.44. The molecular weight excluding hydrogens is 290 g/mol. The van der Waals surface area contributed by atoms with Gasteiger partial charge in [0, 0.05) is 31.5 Å². The predicted octanol–water partition coefficient (Wildman–Crippen LogP) is 1.75. The lowest BCUT2D eigenvalue weighted by Gasteiger charge is -2.47. The van der Waals surface area contributed by atoms with Crippen LogP contribution in [0.3, 0.4) is 0 Å². The SMILES string of the molecule is NC(=O)C1CCN(C2CN(C(=O)CCC3CCCCC3)C2)CC1. The fourth-order valence-electron chi connectivity index (χ4n) is 4.40. The van der Waals surface area contributed by atoms with E-state index in [1.165, 1.54) is 32.1 Å². The Morgan fingerprint density at radius 2 is 1.61 bits per heavy atom. The van der Waals surface area contributed by atoms with Crippen LogP contribution in [0.15, 0.2) is 0 Å². The van der Waals surface area contributed by atoms with E-state index in [0.29, 0.717) is 11.9 Å². The van der Waals surface area contributed by atoms with E-state index in [1.807, 2.05) is 4.90 Å². The highest BCUT2D eigenvalue weighted by Gasteiger charge is 2.36. The number of carbonyl (C=O) groups excluding carboxylic acids is 2. The second-order valence-electron chi connectivity index (χ2n) is 7.71. The summed E-state index contributed by atoms with van der Waals surface area (Å²) in [6, 6.07) is 0.502. The molecule has 2 heterocycles. The van der Waals surface area contributed by atoms with Gasteiger partial charge in [-0.2, -0.15) is 0 Å². The molecule has 1 saturated carbocycles. The number of piperidine rings is 1. The summed E-state index contributed by atoms with van der Waals surface area (Å²) >= 11 is 0. The van der Waals surface area contributed by atoms with E-state index < -0.39 is 0 Å². The third-order valence-corrected chi connectivity index (χ3v) is 6.15. The van der Waals surface area contributed by atoms with Crippen LogP contribution in [0, 0.1) is 11.8 Å². The Kier molecular flexibility index (Phi) is 5.57. The highest BCUT2D eigenvalue weighted by molar-refractivity contribution is 5.77. The van der Waals surface area contributed by atoms with Crippen molar-refractivity contribution in [1.29, 1.82) is 0 Å². The highest BCUT2D eigenvalue weighted by Crippen LogP contribution is 2.28. The molecule has 1 aliphatic carbocycles. The molecule has 0 spiro atoms. The van der Waals surface area contributed by atoms with Gasteiger partial charge in [-0.1, -0.05) is 32.1 Å². The number of likely N-dealkylation sites (tertiary alicyclic amines) is 2. The standard InChI is InChI=1S/C18H31N3O2/c19-18(23)15-8-10-20(11-9-15)16-12-21(13-16)17(22)7-6-14-4-2-1-3-5-14/h14-16H,1-13H2,(H2,19,23). The van der Waals surface area contributed by atoms with Gasteiger partial charge < -0.3 is 10.6 Å². The van der Waals surface area contributed by atoms with Crippen LogP contribution < -0.4 is 5.73 Å². The lowest BCUT2D eigenvalue weighted by Crippen LogP contribution is -2.62. The zero-order chi connectivity index (χ0) is 16.2. The van der Waals surface area contributed by atoms with Crippen LogP contribution in [0.2, 0.25) is 0 Å². The molecule has 0 aromatic carbocycles. The first-order valence-electron chi connectivity index (χ1n) is 9.44. The number of hydrogen-bond acceptors (Lipinski definition) is 3. The van der Waals surface area contributed by atoms with Crippen molar-refractivity contribution < 1.29 is 9.59 Å². The van der Waals surface area contributed by atoms with E-state index in [-0.39, 0.29) is 11.8 Å². The molecule has 2 aliphatic heterocycles. The smallest absolute Gasteiger partial charge is 0.222 e. The van der Waals surface area contributed by atoms with Gasteiger partial charge >= 0.3 is 0 Å². The molecule has 3 rings (SSSR count). The van der Waals surface area contributed by atoms with Gasteiger partial charge in [-0.05, 0) is 38.3 Å². The van der Waals surface area contributed by atoms with Crippen molar-refractivity contribution >= 4 is 11.8 Å². The van der Waals surface area contributed by atoms with Crippen LogP contribution in [0.5, 0.6) is 0 Å². The predicted molar refractivity (Wildman–Crippen MR) is 89.7 cm³/mol. The van der Waals surface area contributed by atoms with Gasteiger partial charge in [-0.15, -0.1) is 0 Å². The second kappa shape index (κ2) is 7.65. The third kappa shape index (κ3) is 4.25. The number of nitrogens with zero attached hydrogens (tertiary/aromatic N) is 2. The van der Waals surface area contributed by atoms with Crippen molar-refractivity contribution in [2.45, 2.75) is 63.8 Å². The van der Waals surface area contributed by atoms with E-state index in [9.17, 15) is 9.59 Å². The molecule has 2 N–H and O–H groups in total. The van der Waals surface area contributed by atoms with Crippen molar-refractivity contribution in [3.05, 3.63) is 0 Å². The van der Waals surface area contributed by atoms with Crippen molar-refractivity contribution in [2.24, 2.45) is 17.6 Å². The molecule has 3 fully saturated rings. The maximum atomic E-state index is 12.3. The summed E-state index contributed by atoms with van der Waals surface area (Å²) in [4.78, 5) is 27.9. The highest BCUT2D eigenvalue weighted by atomic mass is 16.2. The van der Waals surface area contributed by atoms with E-state index in [2.05, 4.69) is 4.90 Å². The Balaban J connectivity index is 1.32. The Morgan fingerprint density at radius 3 is 2.22 bits per heavy atom. The molecule has 2 saturated heterocycles.